The van der Waals surface area contributed by atoms with Crippen LogP contribution in [0.4, 0.5) is 11.4 Å². The van der Waals surface area contributed by atoms with Gasteiger partial charge < -0.3 is 10.6 Å². The topological polar surface area (TPSA) is 61.4 Å². The third-order valence-corrected chi connectivity index (χ3v) is 4.11. The highest BCUT2D eigenvalue weighted by molar-refractivity contribution is 6.31. The summed E-state index contributed by atoms with van der Waals surface area (Å²) in [6.07, 6.45) is 0. The van der Waals surface area contributed by atoms with Crippen molar-refractivity contribution in [2.24, 2.45) is 0 Å². The van der Waals surface area contributed by atoms with Crippen LogP contribution in [0.25, 0.3) is 0 Å². The summed E-state index contributed by atoms with van der Waals surface area (Å²) in [5.41, 5.74) is 3.36. The molecule has 0 radical (unpaired) electrons. The highest BCUT2D eigenvalue weighted by Crippen LogP contribution is 2.22. The van der Waals surface area contributed by atoms with Crippen LogP contribution in [0, 0.1) is 13.8 Å². The second-order valence-electron chi connectivity index (χ2n) is 6.05. The molecule has 132 valence electrons. The van der Waals surface area contributed by atoms with E-state index < -0.39 is 0 Å². The number of likely N-dealkylation sites (N-methyl/N-ethyl adjacent to an activating group) is 1. The minimum Gasteiger partial charge on any atom is -0.325 e. The molecule has 0 bridgehead atoms. The largest absolute Gasteiger partial charge is 0.325 e. The van der Waals surface area contributed by atoms with Crippen LogP contribution in [0.5, 0.6) is 0 Å². The van der Waals surface area contributed by atoms with Crippen LogP contribution < -0.4 is 10.6 Å². The van der Waals surface area contributed by atoms with Gasteiger partial charge in [0.05, 0.1) is 13.1 Å². The molecule has 0 saturated carbocycles. The number of carbonyl (C=O) groups is 2. The molecule has 0 aliphatic heterocycles. The maximum absolute atomic E-state index is 12.1. The highest BCUT2D eigenvalue weighted by atomic mass is 35.5. The third-order valence-electron chi connectivity index (χ3n) is 3.70. The van der Waals surface area contributed by atoms with Crippen molar-refractivity contribution in [1.82, 2.24) is 4.90 Å². The number of benzene rings is 2. The van der Waals surface area contributed by atoms with Crippen molar-refractivity contribution in [2.75, 3.05) is 30.8 Å². The SMILES string of the molecule is Cc1ccc(NC(=O)CN(C)CC(=O)Nc2cccc(Cl)c2C)cc1. The number of aryl methyl sites for hydroxylation is 1. The van der Waals surface area contributed by atoms with Crippen LogP contribution >= 0.6 is 11.6 Å². The third kappa shape index (κ3) is 5.89. The number of hydrogen-bond donors (Lipinski definition) is 2. The van der Waals surface area contributed by atoms with Crippen molar-refractivity contribution in [3.8, 4) is 0 Å². The smallest absolute Gasteiger partial charge is 0.238 e. The molecule has 5 nitrogen and oxygen atoms in total. The molecule has 0 aliphatic rings. The predicted molar refractivity (Wildman–Crippen MR) is 102 cm³/mol. The molecular formula is C19H22ClN3O2. The van der Waals surface area contributed by atoms with Gasteiger partial charge >= 0.3 is 0 Å². The lowest BCUT2D eigenvalue weighted by molar-refractivity contribution is -0.119. The fourth-order valence-corrected chi connectivity index (χ4v) is 2.49. The zero-order chi connectivity index (χ0) is 18.4. The average Bonchev–Trinajstić information content (AvgIpc) is 2.53. The van der Waals surface area contributed by atoms with E-state index in [1.54, 1.807) is 30.1 Å². The number of anilines is 2. The van der Waals surface area contributed by atoms with Gasteiger partial charge in [0, 0.05) is 16.4 Å². The first-order chi connectivity index (χ1) is 11.8. The van der Waals surface area contributed by atoms with E-state index in [1.807, 2.05) is 38.1 Å². The van der Waals surface area contributed by atoms with Crippen LogP contribution in [-0.4, -0.2) is 36.9 Å². The van der Waals surface area contributed by atoms with E-state index >= 15 is 0 Å². The first kappa shape index (κ1) is 19.0. The van der Waals surface area contributed by atoms with Gasteiger partial charge in [-0.25, -0.2) is 0 Å². The Morgan fingerprint density at radius 2 is 1.56 bits per heavy atom. The maximum atomic E-state index is 12.1. The fraction of sp³-hybridized carbons (Fsp3) is 0.263. The summed E-state index contributed by atoms with van der Waals surface area (Å²) < 4.78 is 0. The van der Waals surface area contributed by atoms with Gasteiger partial charge in [-0.15, -0.1) is 0 Å². The molecule has 0 heterocycles. The number of carbonyl (C=O) groups excluding carboxylic acids is 2. The van der Waals surface area contributed by atoms with Gasteiger partial charge in [-0.05, 0) is 50.7 Å². The standard InChI is InChI=1S/C19H22ClN3O2/c1-13-7-9-15(10-8-13)21-18(24)11-23(3)12-19(25)22-17-6-4-5-16(20)14(17)2/h4-10H,11-12H2,1-3H3,(H,21,24)(H,22,25). The number of halogens is 1. The zero-order valence-corrected chi connectivity index (χ0v) is 15.4. The monoisotopic (exact) mass is 359 g/mol. The van der Waals surface area contributed by atoms with Crippen molar-refractivity contribution in [2.45, 2.75) is 13.8 Å². The van der Waals surface area contributed by atoms with E-state index in [-0.39, 0.29) is 24.9 Å². The van der Waals surface area contributed by atoms with E-state index in [0.717, 1.165) is 16.8 Å². The molecule has 2 aromatic rings. The number of nitrogens with zero attached hydrogens (tertiary/aromatic N) is 1. The Labute approximate surface area is 153 Å². The Morgan fingerprint density at radius 1 is 0.960 bits per heavy atom. The number of amides is 2. The van der Waals surface area contributed by atoms with Crippen molar-refractivity contribution in [3.05, 3.63) is 58.6 Å². The van der Waals surface area contributed by atoms with Gasteiger partial charge in [0.1, 0.15) is 0 Å². The second kappa shape index (κ2) is 8.65. The van der Waals surface area contributed by atoms with Gasteiger partial charge in [0.25, 0.3) is 0 Å². The first-order valence-corrected chi connectivity index (χ1v) is 8.33. The molecule has 0 spiro atoms. The molecule has 2 aromatic carbocycles. The fourth-order valence-electron chi connectivity index (χ4n) is 2.32. The predicted octanol–water partition coefficient (Wildman–Crippen LogP) is 3.47. The lowest BCUT2D eigenvalue weighted by atomic mass is 10.2. The van der Waals surface area contributed by atoms with Gasteiger partial charge in [-0.3, -0.25) is 14.5 Å². The molecule has 0 fully saturated rings. The molecular weight excluding hydrogens is 338 g/mol. The summed E-state index contributed by atoms with van der Waals surface area (Å²) in [6.45, 7) is 4.05. The molecule has 0 aliphatic carbocycles. The van der Waals surface area contributed by atoms with Crippen molar-refractivity contribution in [1.29, 1.82) is 0 Å². The molecule has 2 amide bonds. The summed E-state index contributed by atoms with van der Waals surface area (Å²) in [6, 6.07) is 12.9. The van der Waals surface area contributed by atoms with Crippen LogP contribution in [0.2, 0.25) is 5.02 Å². The molecule has 0 saturated heterocycles. The van der Waals surface area contributed by atoms with Crippen molar-refractivity contribution >= 4 is 34.8 Å². The van der Waals surface area contributed by atoms with Crippen LogP contribution in [0.15, 0.2) is 42.5 Å². The Balaban J connectivity index is 1.83. The van der Waals surface area contributed by atoms with E-state index in [1.165, 1.54) is 0 Å². The summed E-state index contributed by atoms with van der Waals surface area (Å²) in [5.74, 6) is -0.367. The molecule has 25 heavy (non-hydrogen) atoms. The normalized spacial score (nSPS) is 10.6. The molecule has 6 heteroatoms. The maximum Gasteiger partial charge on any atom is 0.238 e. The van der Waals surface area contributed by atoms with Crippen LogP contribution in [0.3, 0.4) is 0 Å². The quantitative estimate of drug-likeness (QED) is 0.830. The molecule has 0 atom stereocenters. The van der Waals surface area contributed by atoms with E-state index in [4.69, 9.17) is 11.6 Å². The summed E-state index contributed by atoms with van der Waals surface area (Å²) in [4.78, 5) is 25.8. The Hall–Kier alpha value is -2.37. The number of hydrogen-bond acceptors (Lipinski definition) is 3. The van der Waals surface area contributed by atoms with Gasteiger partial charge in [0.2, 0.25) is 11.8 Å². The highest BCUT2D eigenvalue weighted by Gasteiger charge is 2.12. The lowest BCUT2D eigenvalue weighted by Gasteiger charge is -2.17. The molecule has 0 unspecified atom stereocenters. The van der Waals surface area contributed by atoms with Gasteiger partial charge in [0.15, 0.2) is 0 Å². The Morgan fingerprint density at radius 3 is 2.20 bits per heavy atom. The Kier molecular flexibility index (Phi) is 6.56. The minimum atomic E-state index is -0.198. The molecule has 2 N–H and O–H groups in total. The van der Waals surface area contributed by atoms with E-state index in [9.17, 15) is 9.59 Å². The number of rotatable bonds is 6. The van der Waals surface area contributed by atoms with E-state index in [0.29, 0.717) is 10.7 Å². The second-order valence-corrected chi connectivity index (χ2v) is 6.45. The lowest BCUT2D eigenvalue weighted by Crippen LogP contribution is -2.36. The minimum absolute atomic E-state index is 0.104. The van der Waals surface area contributed by atoms with Gasteiger partial charge in [-0.2, -0.15) is 0 Å². The number of nitrogens with one attached hydrogen (secondary N) is 2. The van der Waals surface area contributed by atoms with Crippen LogP contribution in [-0.2, 0) is 9.59 Å². The zero-order valence-electron chi connectivity index (χ0n) is 14.6. The van der Waals surface area contributed by atoms with Crippen molar-refractivity contribution < 1.29 is 9.59 Å². The summed E-state index contributed by atoms with van der Waals surface area (Å²) in [7, 11) is 1.72. The summed E-state index contributed by atoms with van der Waals surface area (Å²) in [5, 5.41) is 6.22. The van der Waals surface area contributed by atoms with Gasteiger partial charge in [-0.1, -0.05) is 35.4 Å². The molecule has 0 aromatic heterocycles. The van der Waals surface area contributed by atoms with Crippen LogP contribution in [0.1, 0.15) is 11.1 Å². The van der Waals surface area contributed by atoms with Crippen molar-refractivity contribution in [3.63, 3.8) is 0 Å². The average molecular weight is 360 g/mol. The summed E-state index contributed by atoms with van der Waals surface area (Å²) >= 11 is 6.04. The van der Waals surface area contributed by atoms with E-state index in [2.05, 4.69) is 10.6 Å². The molecule has 2 rings (SSSR count). The first-order valence-electron chi connectivity index (χ1n) is 7.95. The Bertz CT molecular complexity index is 760.